The molecule has 0 aliphatic carbocycles. The van der Waals surface area contributed by atoms with Gasteiger partial charge in [0.1, 0.15) is 4.99 Å². The molecule has 2 aromatic rings. The second-order valence-corrected chi connectivity index (χ2v) is 7.85. The number of halogens is 1. The number of sulfonamides is 1. The van der Waals surface area contributed by atoms with Crippen molar-refractivity contribution in [2.24, 2.45) is 5.73 Å². The van der Waals surface area contributed by atoms with Crippen LogP contribution in [-0.2, 0) is 10.0 Å². The van der Waals surface area contributed by atoms with Crippen LogP contribution in [0.3, 0.4) is 0 Å². The molecule has 0 fully saturated rings. The van der Waals surface area contributed by atoms with Gasteiger partial charge in [-0.1, -0.05) is 29.9 Å². The highest BCUT2D eigenvalue weighted by atomic mass is 35.5. The number of rotatable bonds is 4. The van der Waals surface area contributed by atoms with Gasteiger partial charge in [0, 0.05) is 5.56 Å². The van der Waals surface area contributed by atoms with Crippen molar-refractivity contribution < 1.29 is 8.42 Å². The summed E-state index contributed by atoms with van der Waals surface area (Å²) in [5.74, 6) is 0. The summed E-state index contributed by atoms with van der Waals surface area (Å²) < 4.78 is 26.9. The van der Waals surface area contributed by atoms with E-state index in [1.165, 1.54) is 18.3 Å². The van der Waals surface area contributed by atoms with Crippen molar-refractivity contribution in [3.63, 3.8) is 0 Å². The zero-order valence-corrected chi connectivity index (χ0v) is 13.5. The standard InChI is InChI=1S/C11H10ClN3O2S3/c1-6-14-5-10(19-6)20(16,17)15-9-4-7(11(13)18)2-3-8(9)12/h2-5,15H,1H3,(H2,13,18). The summed E-state index contributed by atoms with van der Waals surface area (Å²) in [7, 11) is -3.72. The summed E-state index contributed by atoms with van der Waals surface area (Å²) in [5, 5.41) is 0.920. The van der Waals surface area contributed by atoms with E-state index in [0.29, 0.717) is 10.6 Å². The van der Waals surface area contributed by atoms with E-state index in [-0.39, 0.29) is 19.9 Å². The Kier molecular flexibility index (Phi) is 4.28. The second-order valence-electron chi connectivity index (χ2n) is 3.86. The van der Waals surface area contributed by atoms with E-state index in [0.717, 1.165) is 11.3 Å². The van der Waals surface area contributed by atoms with E-state index in [4.69, 9.17) is 29.6 Å². The molecule has 0 unspecified atom stereocenters. The number of nitrogens with zero attached hydrogens (tertiary/aromatic N) is 1. The first-order chi connectivity index (χ1) is 9.29. The van der Waals surface area contributed by atoms with Crippen LogP contribution in [0.1, 0.15) is 10.6 Å². The van der Waals surface area contributed by atoms with E-state index in [9.17, 15) is 8.42 Å². The van der Waals surface area contributed by atoms with Gasteiger partial charge in [-0.3, -0.25) is 4.72 Å². The Morgan fingerprint density at radius 1 is 1.50 bits per heavy atom. The number of anilines is 1. The molecule has 0 amide bonds. The lowest BCUT2D eigenvalue weighted by atomic mass is 10.2. The molecule has 2 rings (SSSR count). The van der Waals surface area contributed by atoms with Crippen molar-refractivity contribution in [2.45, 2.75) is 11.1 Å². The fourth-order valence-electron chi connectivity index (χ4n) is 1.42. The number of nitrogens with two attached hydrogens (primary N) is 1. The SMILES string of the molecule is Cc1ncc(S(=O)(=O)Nc2cc(C(N)=S)ccc2Cl)s1. The highest BCUT2D eigenvalue weighted by Gasteiger charge is 2.19. The van der Waals surface area contributed by atoms with Gasteiger partial charge in [0.2, 0.25) is 0 Å². The van der Waals surface area contributed by atoms with Gasteiger partial charge in [-0.25, -0.2) is 13.4 Å². The van der Waals surface area contributed by atoms with Gasteiger partial charge in [0.05, 0.1) is 21.9 Å². The van der Waals surface area contributed by atoms with Crippen LogP contribution in [0.15, 0.2) is 28.6 Å². The average molecular weight is 348 g/mol. The normalized spacial score (nSPS) is 11.3. The third-order valence-corrected chi connectivity index (χ3v) is 5.66. The first-order valence-corrected chi connectivity index (χ1v) is 8.43. The maximum absolute atomic E-state index is 12.2. The van der Waals surface area contributed by atoms with Crippen molar-refractivity contribution in [2.75, 3.05) is 4.72 Å². The van der Waals surface area contributed by atoms with Gasteiger partial charge in [0.25, 0.3) is 10.0 Å². The number of hydrogen-bond donors (Lipinski definition) is 2. The molecule has 20 heavy (non-hydrogen) atoms. The average Bonchev–Trinajstić information content (AvgIpc) is 2.79. The van der Waals surface area contributed by atoms with Crippen LogP contribution in [-0.4, -0.2) is 18.4 Å². The molecule has 9 heteroatoms. The summed E-state index contributed by atoms with van der Waals surface area (Å²) in [6.07, 6.45) is 1.30. The minimum atomic E-state index is -3.72. The van der Waals surface area contributed by atoms with Crippen molar-refractivity contribution >= 4 is 55.9 Å². The summed E-state index contributed by atoms with van der Waals surface area (Å²) in [6, 6.07) is 4.65. The molecule has 0 aliphatic rings. The lowest BCUT2D eigenvalue weighted by molar-refractivity contribution is 0.603. The van der Waals surface area contributed by atoms with Gasteiger partial charge in [-0.05, 0) is 19.1 Å². The molecule has 0 radical (unpaired) electrons. The molecule has 106 valence electrons. The molecular weight excluding hydrogens is 338 g/mol. The Morgan fingerprint density at radius 3 is 2.75 bits per heavy atom. The third kappa shape index (κ3) is 3.26. The van der Waals surface area contributed by atoms with Gasteiger partial charge in [0.15, 0.2) is 4.21 Å². The van der Waals surface area contributed by atoms with E-state index < -0.39 is 10.0 Å². The molecule has 0 saturated heterocycles. The molecule has 0 spiro atoms. The van der Waals surface area contributed by atoms with Crippen LogP contribution in [0, 0.1) is 6.92 Å². The highest BCUT2D eigenvalue weighted by Crippen LogP contribution is 2.27. The van der Waals surface area contributed by atoms with E-state index >= 15 is 0 Å². The molecule has 1 aromatic heterocycles. The van der Waals surface area contributed by atoms with Crippen LogP contribution < -0.4 is 10.5 Å². The zero-order chi connectivity index (χ0) is 14.9. The van der Waals surface area contributed by atoms with Crippen molar-refractivity contribution in [3.8, 4) is 0 Å². The molecular formula is C11H10ClN3O2S3. The summed E-state index contributed by atoms with van der Waals surface area (Å²) in [5.41, 5.74) is 6.27. The first kappa shape index (κ1) is 15.2. The van der Waals surface area contributed by atoms with E-state index in [2.05, 4.69) is 9.71 Å². The fourth-order valence-corrected chi connectivity index (χ4v) is 3.94. The lowest BCUT2D eigenvalue weighted by Gasteiger charge is -2.09. The van der Waals surface area contributed by atoms with E-state index in [1.807, 2.05) is 0 Å². The Hall–Kier alpha value is -1.22. The Balaban J connectivity index is 2.39. The first-order valence-electron chi connectivity index (χ1n) is 5.34. The molecule has 0 saturated carbocycles. The second kappa shape index (κ2) is 5.65. The number of benzene rings is 1. The highest BCUT2D eigenvalue weighted by molar-refractivity contribution is 7.94. The van der Waals surface area contributed by atoms with Crippen LogP contribution in [0.25, 0.3) is 0 Å². The molecule has 0 bridgehead atoms. The van der Waals surface area contributed by atoms with Gasteiger partial charge in [-0.2, -0.15) is 0 Å². The van der Waals surface area contributed by atoms with Gasteiger partial charge >= 0.3 is 0 Å². The van der Waals surface area contributed by atoms with Gasteiger partial charge < -0.3 is 5.73 Å². The third-order valence-electron chi connectivity index (χ3n) is 2.36. The maximum Gasteiger partial charge on any atom is 0.273 e. The summed E-state index contributed by atoms with van der Waals surface area (Å²) >= 11 is 11.9. The minimum absolute atomic E-state index is 0.117. The molecule has 5 nitrogen and oxygen atoms in total. The minimum Gasteiger partial charge on any atom is -0.389 e. The molecule has 1 aromatic carbocycles. The number of thiocarbonyl (C=S) groups is 1. The lowest BCUT2D eigenvalue weighted by Crippen LogP contribution is -2.14. The Labute approximate surface area is 130 Å². The number of aromatic nitrogens is 1. The number of aryl methyl sites for hydroxylation is 1. The van der Waals surface area contributed by atoms with Crippen LogP contribution in [0.4, 0.5) is 5.69 Å². The molecule has 0 aliphatic heterocycles. The smallest absolute Gasteiger partial charge is 0.273 e. The van der Waals surface area contributed by atoms with Gasteiger partial charge in [-0.15, -0.1) is 11.3 Å². The van der Waals surface area contributed by atoms with Crippen LogP contribution in [0.2, 0.25) is 5.02 Å². The zero-order valence-electron chi connectivity index (χ0n) is 10.3. The quantitative estimate of drug-likeness (QED) is 0.830. The molecule has 3 N–H and O–H groups in total. The molecule has 1 heterocycles. The predicted molar refractivity (Wildman–Crippen MR) is 85.0 cm³/mol. The number of hydrogen-bond acceptors (Lipinski definition) is 5. The largest absolute Gasteiger partial charge is 0.389 e. The monoisotopic (exact) mass is 347 g/mol. The fraction of sp³-hybridized carbons (Fsp3) is 0.0909. The summed E-state index contributed by atoms with van der Waals surface area (Å²) in [6.45, 7) is 1.73. The Bertz CT molecular complexity index is 771. The summed E-state index contributed by atoms with van der Waals surface area (Å²) in [4.78, 5) is 4.08. The number of thiazole rings is 1. The Morgan fingerprint density at radius 2 is 2.20 bits per heavy atom. The maximum atomic E-state index is 12.2. The molecule has 0 atom stereocenters. The van der Waals surface area contributed by atoms with E-state index in [1.54, 1.807) is 13.0 Å². The van der Waals surface area contributed by atoms with Crippen molar-refractivity contribution in [1.29, 1.82) is 0 Å². The van der Waals surface area contributed by atoms with Crippen LogP contribution in [0.5, 0.6) is 0 Å². The van der Waals surface area contributed by atoms with Crippen molar-refractivity contribution in [1.82, 2.24) is 4.98 Å². The number of nitrogens with one attached hydrogen (secondary N) is 1. The predicted octanol–water partition coefficient (Wildman–Crippen LogP) is 2.54. The topological polar surface area (TPSA) is 85.1 Å². The van der Waals surface area contributed by atoms with Crippen LogP contribution >= 0.6 is 35.2 Å². The van der Waals surface area contributed by atoms with Crippen molar-refractivity contribution in [3.05, 3.63) is 40.0 Å².